The molecular formula is C19H24N6O2. The van der Waals surface area contributed by atoms with E-state index in [9.17, 15) is 9.59 Å². The highest BCUT2D eigenvalue weighted by atomic mass is 16.2. The van der Waals surface area contributed by atoms with E-state index in [4.69, 9.17) is 11.5 Å². The summed E-state index contributed by atoms with van der Waals surface area (Å²) >= 11 is 0. The van der Waals surface area contributed by atoms with E-state index in [0.29, 0.717) is 30.9 Å². The van der Waals surface area contributed by atoms with Crippen molar-refractivity contribution in [3.8, 4) is 11.3 Å². The summed E-state index contributed by atoms with van der Waals surface area (Å²) in [5.41, 5.74) is 13.1. The van der Waals surface area contributed by atoms with Crippen molar-refractivity contribution >= 4 is 17.8 Å². The Morgan fingerprint density at radius 2 is 2.15 bits per heavy atom. The summed E-state index contributed by atoms with van der Waals surface area (Å²) in [6.45, 7) is 2.78. The monoisotopic (exact) mass is 368 g/mol. The maximum absolute atomic E-state index is 12.4. The predicted octanol–water partition coefficient (Wildman–Crippen LogP) is 0.653. The molecule has 1 aliphatic rings. The number of amides is 2. The Hall–Kier alpha value is -3.00. The first-order chi connectivity index (χ1) is 13.0. The average molecular weight is 368 g/mol. The van der Waals surface area contributed by atoms with Crippen molar-refractivity contribution in [2.24, 2.45) is 11.7 Å². The number of hydrogen-bond donors (Lipinski definition) is 3. The number of nitrogens with two attached hydrogens (primary N) is 2. The minimum atomic E-state index is -0.245. The van der Waals surface area contributed by atoms with Crippen molar-refractivity contribution in [3.63, 3.8) is 0 Å². The molecule has 0 unspecified atom stereocenters. The van der Waals surface area contributed by atoms with Gasteiger partial charge < -0.3 is 21.7 Å². The number of likely N-dealkylation sites (tertiary alicyclic amines) is 1. The fraction of sp³-hybridized carbons (Fsp3) is 0.368. The molecule has 0 bridgehead atoms. The van der Waals surface area contributed by atoms with Gasteiger partial charge in [-0.3, -0.25) is 9.59 Å². The van der Waals surface area contributed by atoms with E-state index in [1.165, 1.54) is 0 Å². The molecule has 0 spiro atoms. The first kappa shape index (κ1) is 18.8. The summed E-state index contributed by atoms with van der Waals surface area (Å²) in [6, 6.07) is 8.97. The van der Waals surface area contributed by atoms with Crippen molar-refractivity contribution in [1.29, 1.82) is 0 Å². The van der Waals surface area contributed by atoms with Gasteiger partial charge in [0, 0.05) is 37.0 Å². The second kappa shape index (κ2) is 8.59. The van der Waals surface area contributed by atoms with Crippen LogP contribution in [0.15, 0.2) is 36.5 Å². The highest BCUT2D eigenvalue weighted by Gasteiger charge is 2.23. The van der Waals surface area contributed by atoms with Crippen LogP contribution in [-0.2, 0) is 4.79 Å². The number of nitrogen functional groups attached to an aromatic ring is 1. The van der Waals surface area contributed by atoms with Gasteiger partial charge in [-0.2, -0.15) is 0 Å². The van der Waals surface area contributed by atoms with Crippen molar-refractivity contribution in [3.05, 3.63) is 42.1 Å². The van der Waals surface area contributed by atoms with Crippen LogP contribution >= 0.6 is 0 Å². The fourth-order valence-electron chi connectivity index (χ4n) is 3.27. The lowest BCUT2D eigenvalue weighted by Crippen LogP contribution is -2.44. The first-order valence-corrected chi connectivity index (χ1v) is 9.02. The molecule has 1 aliphatic heterocycles. The molecule has 5 N–H and O–H groups in total. The molecular weight excluding hydrogens is 344 g/mol. The highest BCUT2D eigenvalue weighted by Crippen LogP contribution is 2.18. The van der Waals surface area contributed by atoms with Gasteiger partial charge in [0.15, 0.2) is 0 Å². The number of nitrogens with one attached hydrogen (secondary N) is 1. The third-order valence-corrected chi connectivity index (χ3v) is 4.72. The molecule has 1 saturated heterocycles. The Bertz CT molecular complexity index is 825. The van der Waals surface area contributed by atoms with Gasteiger partial charge in [0.05, 0.1) is 11.6 Å². The van der Waals surface area contributed by atoms with Crippen LogP contribution in [0.5, 0.6) is 0 Å². The number of rotatable bonds is 6. The Labute approximate surface area is 158 Å². The van der Waals surface area contributed by atoms with E-state index in [1.54, 1.807) is 24.4 Å². The molecule has 2 aromatic rings. The third-order valence-electron chi connectivity index (χ3n) is 4.72. The van der Waals surface area contributed by atoms with Gasteiger partial charge in [0.2, 0.25) is 11.9 Å². The molecule has 8 heteroatoms. The van der Waals surface area contributed by atoms with Gasteiger partial charge >= 0.3 is 0 Å². The highest BCUT2D eigenvalue weighted by molar-refractivity contribution is 5.95. The second-order valence-corrected chi connectivity index (χ2v) is 6.68. The van der Waals surface area contributed by atoms with Crippen LogP contribution in [0.2, 0.25) is 0 Å². The maximum Gasteiger partial charge on any atom is 0.251 e. The molecule has 1 atom stereocenters. The predicted molar refractivity (Wildman–Crippen MR) is 103 cm³/mol. The van der Waals surface area contributed by atoms with Crippen LogP contribution < -0.4 is 16.8 Å². The van der Waals surface area contributed by atoms with E-state index in [1.807, 2.05) is 12.1 Å². The van der Waals surface area contributed by atoms with Gasteiger partial charge in [-0.05, 0) is 37.6 Å². The van der Waals surface area contributed by atoms with E-state index in [2.05, 4.69) is 20.2 Å². The SMILES string of the molecule is NC(=O)[C@H]1CCCN(CCNC(=O)c2cccc(-c3ccnc(N)n3)c2)C1. The van der Waals surface area contributed by atoms with Crippen LogP contribution in [0.1, 0.15) is 23.2 Å². The van der Waals surface area contributed by atoms with E-state index >= 15 is 0 Å². The van der Waals surface area contributed by atoms with Gasteiger partial charge in [-0.1, -0.05) is 12.1 Å². The van der Waals surface area contributed by atoms with Crippen LogP contribution in [0.3, 0.4) is 0 Å². The lowest BCUT2D eigenvalue weighted by atomic mass is 9.97. The van der Waals surface area contributed by atoms with E-state index < -0.39 is 0 Å². The molecule has 1 aromatic heterocycles. The van der Waals surface area contributed by atoms with Gasteiger partial charge in [-0.15, -0.1) is 0 Å². The summed E-state index contributed by atoms with van der Waals surface area (Å²) in [5.74, 6) is -0.294. The molecule has 2 heterocycles. The number of hydrogen-bond acceptors (Lipinski definition) is 6. The van der Waals surface area contributed by atoms with Gasteiger partial charge in [0.1, 0.15) is 0 Å². The Morgan fingerprint density at radius 1 is 1.30 bits per heavy atom. The molecule has 0 saturated carbocycles. The summed E-state index contributed by atoms with van der Waals surface area (Å²) in [7, 11) is 0. The Kier molecular flexibility index (Phi) is 5.97. The molecule has 1 aromatic carbocycles. The smallest absolute Gasteiger partial charge is 0.251 e. The number of carbonyl (C=O) groups is 2. The molecule has 2 amide bonds. The lowest BCUT2D eigenvalue weighted by Gasteiger charge is -2.31. The first-order valence-electron chi connectivity index (χ1n) is 9.02. The van der Waals surface area contributed by atoms with Crippen LogP contribution in [0, 0.1) is 5.92 Å². The van der Waals surface area contributed by atoms with Gasteiger partial charge in [0.25, 0.3) is 5.91 Å². The van der Waals surface area contributed by atoms with Crippen LogP contribution in [0.25, 0.3) is 11.3 Å². The summed E-state index contributed by atoms with van der Waals surface area (Å²) < 4.78 is 0. The number of nitrogens with zero attached hydrogens (tertiary/aromatic N) is 3. The zero-order chi connectivity index (χ0) is 19.2. The fourth-order valence-corrected chi connectivity index (χ4v) is 3.27. The van der Waals surface area contributed by atoms with Crippen LogP contribution in [-0.4, -0.2) is 52.9 Å². The Balaban J connectivity index is 1.55. The summed E-state index contributed by atoms with van der Waals surface area (Å²) in [5, 5.41) is 2.93. The quantitative estimate of drug-likeness (QED) is 0.687. The zero-order valence-corrected chi connectivity index (χ0v) is 15.1. The number of primary amides is 1. The summed E-state index contributed by atoms with van der Waals surface area (Å²) in [4.78, 5) is 34.0. The molecule has 1 fully saturated rings. The van der Waals surface area contributed by atoms with Crippen molar-refractivity contribution in [1.82, 2.24) is 20.2 Å². The molecule has 142 valence electrons. The summed E-state index contributed by atoms with van der Waals surface area (Å²) in [6.07, 6.45) is 3.38. The van der Waals surface area contributed by atoms with Crippen molar-refractivity contribution < 1.29 is 9.59 Å². The molecule has 27 heavy (non-hydrogen) atoms. The molecule has 3 rings (SSSR count). The lowest BCUT2D eigenvalue weighted by molar-refractivity contribution is -0.123. The number of piperidine rings is 1. The standard InChI is InChI=1S/C19H24N6O2/c20-17(26)15-5-2-9-25(12-15)10-8-22-18(27)14-4-1-3-13(11-14)16-6-7-23-19(21)24-16/h1,3-4,6-7,11,15H,2,5,8-10,12H2,(H2,20,26)(H,22,27)(H2,21,23,24)/t15-/m0/s1. The zero-order valence-electron chi connectivity index (χ0n) is 15.1. The molecule has 8 nitrogen and oxygen atoms in total. The molecule has 0 radical (unpaired) electrons. The maximum atomic E-state index is 12.4. The number of carbonyl (C=O) groups excluding carboxylic acids is 2. The largest absolute Gasteiger partial charge is 0.369 e. The minimum Gasteiger partial charge on any atom is -0.369 e. The normalized spacial score (nSPS) is 17.4. The average Bonchev–Trinajstić information content (AvgIpc) is 2.68. The number of benzene rings is 1. The van der Waals surface area contributed by atoms with Gasteiger partial charge in [-0.25, -0.2) is 9.97 Å². The van der Waals surface area contributed by atoms with Crippen molar-refractivity contribution in [2.45, 2.75) is 12.8 Å². The Morgan fingerprint density at radius 3 is 2.93 bits per heavy atom. The van der Waals surface area contributed by atoms with Crippen molar-refractivity contribution in [2.75, 3.05) is 31.9 Å². The topological polar surface area (TPSA) is 127 Å². The number of aromatic nitrogens is 2. The number of anilines is 1. The van der Waals surface area contributed by atoms with E-state index in [0.717, 1.165) is 24.9 Å². The second-order valence-electron chi connectivity index (χ2n) is 6.68. The third kappa shape index (κ3) is 5.01. The molecule has 0 aliphatic carbocycles. The minimum absolute atomic E-state index is 0.0913. The van der Waals surface area contributed by atoms with Crippen LogP contribution in [0.4, 0.5) is 5.95 Å². The van der Waals surface area contributed by atoms with E-state index in [-0.39, 0.29) is 23.7 Å².